The van der Waals surface area contributed by atoms with Gasteiger partial charge in [0.05, 0.1) is 17.3 Å². The fourth-order valence-corrected chi connectivity index (χ4v) is 2.21. The number of ether oxygens (including phenoxy) is 1. The number of halogens is 4. The molecule has 0 aliphatic heterocycles. The summed E-state index contributed by atoms with van der Waals surface area (Å²) in [6.45, 7) is 1.76. The topological polar surface area (TPSA) is 73.2 Å². The molecule has 0 bridgehead atoms. The Balaban J connectivity index is 2.47. The van der Waals surface area contributed by atoms with Gasteiger partial charge in [-0.05, 0) is 19.1 Å². The van der Waals surface area contributed by atoms with Crippen LogP contribution in [0, 0.1) is 0 Å². The second kappa shape index (κ2) is 7.14. The number of rotatable bonds is 3. The molecule has 0 saturated heterocycles. The number of aryl methyl sites for hydroxylation is 1. The maximum Gasteiger partial charge on any atom is 0.433 e. The van der Waals surface area contributed by atoms with Crippen LogP contribution >= 0.6 is 11.6 Å². The third kappa shape index (κ3) is 4.30. The number of carbonyl (C=O) groups is 1. The fourth-order valence-electron chi connectivity index (χ4n) is 2.05. The number of anilines is 1. The molecule has 10 heteroatoms. The molecule has 1 aromatic carbocycles. The van der Waals surface area contributed by atoms with E-state index in [0.717, 1.165) is 7.05 Å². The molecule has 1 N–H and O–H groups in total. The molecule has 0 aliphatic rings. The smallest absolute Gasteiger partial charge is 0.433 e. The lowest BCUT2D eigenvalue weighted by Gasteiger charge is -2.13. The van der Waals surface area contributed by atoms with E-state index in [9.17, 15) is 22.8 Å². The van der Waals surface area contributed by atoms with Crippen LogP contribution in [0.5, 0.6) is 0 Å². The van der Waals surface area contributed by atoms with Crippen molar-refractivity contribution in [1.82, 2.24) is 9.78 Å². The van der Waals surface area contributed by atoms with Crippen LogP contribution in [-0.2, 0) is 18.0 Å². The molecule has 1 aromatic heterocycles. The molecule has 0 aliphatic carbocycles. The van der Waals surface area contributed by atoms with E-state index in [1.54, 1.807) is 6.92 Å². The third-order valence-corrected chi connectivity index (χ3v) is 3.47. The predicted molar refractivity (Wildman–Crippen MR) is 85.6 cm³/mol. The number of hydrogen-bond donors (Lipinski definition) is 1. The molecule has 25 heavy (non-hydrogen) atoms. The molecule has 1 heterocycles. The zero-order valence-corrected chi connectivity index (χ0v) is 13.9. The van der Waals surface area contributed by atoms with Gasteiger partial charge in [0.25, 0.3) is 0 Å². The minimum absolute atomic E-state index is 0.140. The monoisotopic (exact) mass is 375 g/mol. The molecular formula is C15H13ClF3N3O3. The van der Waals surface area contributed by atoms with Crippen LogP contribution in [0.15, 0.2) is 29.1 Å². The molecule has 2 aromatic rings. The number of alkyl halides is 3. The Morgan fingerprint density at radius 3 is 2.64 bits per heavy atom. The SMILES string of the molecule is CCOC(=O)Nc1cc(-c2nn(C)c(C(F)(F)F)cc2=O)ccc1Cl. The highest BCUT2D eigenvalue weighted by molar-refractivity contribution is 6.33. The standard InChI is InChI=1S/C15H13ClF3N3O3/c1-3-25-14(24)20-10-6-8(4-5-9(10)16)13-11(23)7-12(15(17,18)19)22(2)21-13/h4-7H,3H2,1-2H3,(H,20,24). The van der Waals surface area contributed by atoms with Crippen LogP contribution in [0.3, 0.4) is 0 Å². The number of carbonyl (C=O) groups excluding carboxylic acids is 1. The van der Waals surface area contributed by atoms with Crippen LogP contribution in [-0.4, -0.2) is 22.5 Å². The van der Waals surface area contributed by atoms with Gasteiger partial charge in [-0.25, -0.2) is 4.79 Å². The first-order valence-corrected chi connectivity index (χ1v) is 7.40. The summed E-state index contributed by atoms with van der Waals surface area (Å²) in [5.41, 5.74) is -1.94. The van der Waals surface area contributed by atoms with Gasteiger partial charge in [-0.2, -0.15) is 18.3 Å². The Morgan fingerprint density at radius 1 is 1.36 bits per heavy atom. The predicted octanol–water partition coefficient (Wildman–Crippen LogP) is 3.69. The second-order valence-corrected chi connectivity index (χ2v) is 5.31. The molecule has 2 rings (SSSR count). The molecule has 1 amide bonds. The first-order chi connectivity index (χ1) is 11.6. The Morgan fingerprint density at radius 2 is 2.04 bits per heavy atom. The largest absolute Gasteiger partial charge is 0.450 e. The van der Waals surface area contributed by atoms with Crippen molar-refractivity contribution in [1.29, 1.82) is 0 Å². The number of nitrogens with one attached hydrogen (secondary N) is 1. The van der Waals surface area contributed by atoms with Crippen LogP contribution in [0.1, 0.15) is 12.6 Å². The van der Waals surface area contributed by atoms with Crippen molar-refractivity contribution >= 4 is 23.4 Å². The zero-order valence-electron chi connectivity index (χ0n) is 13.1. The lowest BCUT2D eigenvalue weighted by Crippen LogP contribution is -2.22. The van der Waals surface area contributed by atoms with E-state index in [1.807, 2.05) is 0 Å². The first-order valence-electron chi connectivity index (χ1n) is 7.02. The maximum atomic E-state index is 12.8. The first kappa shape index (κ1) is 18.8. The van der Waals surface area contributed by atoms with E-state index in [0.29, 0.717) is 10.7 Å². The summed E-state index contributed by atoms with van der Waals surface area (Å²) in [5.74, 6) is 0. The van der Waals surface area contributed by atoms with Gasteiger partial charge in [0.2, 0.25) is 5.43 Å². The number of amides is 1. The number of hydrogen-bond acceptors (Lipinski definition) is 4. The maximum absolute atomic E-state index is 12.8. The molecular weight excluding hydrogens is 363 g/mol. The van der Waals surface area contributed by atoms with Crippen molar-refractivity contribution in [3.8, 4) is 11.3 Å². The summed E-state index contributed by atoms with van der Waals surface area (Å²) in [4.78, 5) is 23.5. The minimum atomic E-state index is -4.70. The van der Waals surface area contributed by atoms with Gasteiger partial charge < -0.3 is 4.74 Å². The van der Waals surface area contributed by atoms with Gasteiger partial charge in [-0.1, -0.05) is 17.7 Å². The summed E-state index contributed by atoms with van der Waals surface area (Å²) in [6.07, 6.45) is -5.45. The van der Waals surface area contributed by atoms with Crippen LogP contribution in [0.2, 0.25) is 5.02 Å². The van der Waals surface area contributed by atoms with Crippen LogP contribution in [0.4, 0.5) is 23.7 Å². The zero-order chi connectivity index (χ0) is 18.8. The molecule has 0 fully saturated rings. The summed E-state index contributed by atoms with van der Waals surface area (Å²) in [6, 6.07) is 4.60. The molecule has 134 valence electrons. The van der Waals surface area contributed by atoms with E-state index in [4.69, 9.17) is 16.3 Å². The van der Waals surface area contributed by atoms with Gasteiger partial charge >= 0.3 is 12.3 Å². The Bertz CT molecular complexity index is 865. The van der Waals surface area contributed by atoms with E-state index in [1.165, 1.54) is 18.2 Å². The van der Waals surface area contributed by atoms with E-state index >= 15 is 0 Å². The van der Waals surface area contributed by atoms with Crippen molar-refractivity contribution in [2.75, 3.05) is 11.9 Å². The molecule has 0 saturated carbocycles. The minimum Gasteiger partial charge on any atom is -0.450 e. The second-order valence-electron chi connectivity index (χ2n) is 4.90. The summed E-state index contributed by atoms with van der Waals surface area (Å²) >= 11 is 5.96. The van der Waals surface area contributed by atoms with E-state index < -0.39 is 23.4 Å². The van der Waals surface area contributed by atoms with E-state index in [-0.39, 0.29) is 28.6 Å². The molecule has 0 unspecified atom stereocenters. The molecule has 6 nitrogen and oxygen atoms in total. The van der Waals surface area contributed by atoms with Crippen molar-refractivity contribution < 1.29 is 22.7 Å². The normalized spacial score (nSPS) is 11.3. The van der Waals surface area contributed by atoms with Crippen LogP contribution < -0.4 is 10.7 Å². The van der Waals surface area contributed by atoms with Gasteiger partial charge in [-0.3, -0.25) is 14.8 Å². The summed E-state index contributed by atoms with van der Waals surface area (Å²) in [7, 11) is 1.08. The summed E-state index contributed by atoms with van der Waals surface area (Å²) < 4.78 is 43.8. The number of benzene rings is 1. The summed E-state index contributed by atoms with van der Waals surface area (Å²) in [5, 5.41) is 6.24. The van der Waals surface area contributed by atoms with E-state index in [2.05, 4.69) is 10.4 Å². The number of aromatic nitrogens is 2. The highest BCUT2D eigenvalue weighted by Crippen LogP contribution is 2.30. The fraction of sp³-hybridized carbons (Fsp3) is 0.267. The molecule has 0 radical (unpaired) electrons. The van der Waals surface area contributed by atoms with Gasteiger partial charge in [0.1, 0.15) is 11.4 Å². The quantitative estimate of drug-likeness (QED) is 0.888. The molecule has 0 atom stereocenters. The third-order valence-electron chi connectivity index (χ3n) is 3.14. The average Bonchev–Trinajstić information content (AvgIpc) is 2.50. The lowest BCUT2D eigenvalue weighted by molar-refractivity contribution is -0.144. The highest BCUT2D eigenvalue weighted by Gasteiger charge is 2.34. The van der Waals surface area contributed by atoms with Crippen molar-refractivity contribution in [3.05, 3.63) is 45.2 Å². The van der Waals surface area contributed by atoms with Crippen molar-refractivity contribution in [3.63, 3.8) is 0 Å². The van der Waals surface area contributed by atoms with Gasteiger partial charge in [0.15, 0.2) is 0 Å². The Labute approximate surface area is 145 Å². The number of nitrogens with zero attached hydrogens (tertiary/aromatic N) is 2. The van der Waals surface area contributed by atoms with Crippen molar-refractivity contribution in [2.45, 2.75) is 13.1 Å². The molecule has 0 spiro atoms. The average molecular weight is 376 g/mol. The van der Waals surface area contributed by atoms with Gasteiger partial charge in [0, 0.05) is 18.7 Å². The highest BCUT2D eigenvalue weighted by atomic mass is 35.5. The Kier molecular flexibility index (Phi) is 5.36. The Hall–Kier alpha value is -2.55. The van der Waals surface area contributed by atoms with Gasteiger partial charge in [-0.15, -0.1) is 0 Å². The van der Waals surface area contributed by atoms with Crippen LogP contribution in [0.25, 0.3) is 11.3 Å². The lowest BCUT2D eigenvalue weighted by atomic mass is 10.1. The van der Waals surface area contributed by atoms with Crippen molar-refractivity contribution in [2.24, 2.45) is 7.05 Å².